The van der Waals surface area contributed by atoms with Gasteiger partial charge in [-0.1, -0.05) is 6.07 Å². The molecule has 0 fully saturated rings. The number of hydrogen-bond donors (Lipinski definition) is 1. The number of rotatable bonds is 5. The first-order valence-electron chi connectivity index (χ1n) is 5.39. The van der Waals surface area contributed by atoms with Crippen molar-refractivity contribution in [3.63, 3.8) is 0 Å². The van der Waals surface area contributed by atoms with Crippen LogP contribution in [-0.2, 0) is 4.74 Å². The van der Waals surface area contributed by atoms with Crippen molar-refractivity contribution in [2.24, 2.45) is 0 Å². The maximum Gasteiger partial charge on any atom is 0.162 e. The molecule has 1 atom stereocenters. The summed E-state index contributed by atoms with van der Waals surface area (Å²) < 4.78 is 16.3. The average molecular weight is 222 g/mol. The second-order valence-electron chi connectivity index (χ2n) is 3.62. The smallest absolute Gasteiger partial charge is 0.162 e. The Morgan fingerprint density at radius 3 is 3.38 bits per heavy atom. The Bertz CT molecular complexity index is 330. The molecular weight excluding hydrogens is 206 g/mol. The molecular formula is C12H16NO3. The van der Waals surface area contributed by atoms with E-state index in [9.17, 15) is 0 Å². The lowest BCUT2D eigenvalue weighted by Crippen LogP contribution is -2.39. The molecule has 87 valence electrons. The van der Waals surface area contributed by atoms with E-state index in [0.717, 1.165) is 24.6 Å². The molecule has 4 heteroatoms. The molecule has 0 bridgehead atoms. The minimum atomic E-state index is 0.0557. The first kappa shape index (κ1) is 11.2. The fraction of sp³-hybridized carbons (Fsp3) is 0.500. The number of nitrogens with one attached hydrogen (secondary N) is 1. The summed E-state index contributed by atoms with van der Waals surface area (Å²) in [6.45, 7) is 2.87. The molecule has 1 aromatic rings. The lowest BCUT2D eigenvalue weighted by atomic mass is 10.2. The zero-order valence-electron chi connectivity index (χ0n) is 9.36. The van der Waals surface area contributed by atoms with Crippen molar-refractivity contribution in [3.05, 3.63) is 24.3 Å². The molecule has 2 rings (SSSR count). The summed E-state index contributed by atoms with van der Waals surface area (Å²) in [6, 6.07) is 8.46. The van der Waals surface area contributed by atoms with Crippen LogP contribution in [0.25, 0.3) is 0 Å². The SMILES string of the molecule is COCCNCC1COc2cc[c]cc2O1. The van der Waals surface area contributed by atoms with Crippen LogP contribution < -0.4 is 14.8 Å². The molecule has 0 saturated carbocycles. The second-order valence-corrected chi connectivity index (χ2v) is 3.62. The summed E-state index contributed by atoms with van der Waals surface area (Å²) >= 11 is 0. The van der Waals surface area contributed by atoms with Gasteiger partial charge < -0.3 is 19.5 Å². The van der Waals surface area contributed by atoms with Gasteiger partial charge >= 0.3 is 0 Å². The normalized spacial score (nSPS) is 18.4. The van der Waals surface area contributed by atoms with Crippen molar-refractivity contribution >= 4 is 0 Å². The van der Waals surface area contributed by atoms with Gasteiger partial charge in [0, 0.05) is 20.2 Å². The molecule has 0 aliphatic carbocycles. The fourth-order valence-electron chi connectivity index (χ4n) is 1.55. The van der Waals surface area contributed by atoms with E-state index in [1.54, 1.807) is 13.2 Å². The van der Waals surface area contributed by atoms with Gasteiger partial charge in [0.1, 0.15) is 12.7 Å². The quantitative estimate of drug-likeness (QED) is 0.750. The van der Waals surface area contributed by atoms with Crippen LogP contribution in [0.3, 0.4) is 0 Å². The Kier molecular flexibility index (Phi) is 4.02. The summed E-state index contributed by atoms with van der Waals surface area (Å²) in [7, 11) is 1.69. The highest BCUT2D eigenvalue weighted by Gasteiger charge is 2.19. The molecule has 16 heavy (non-hydrogen) atoms. The maximum absolute atomic E-state index is 5.75. The van der Waals surface area contributed by atoms with Gasteiger partial charge in [-0.25, -0.2) is 0 Å². The fourth-order valence-corrected chi connectivity index (χ4v) is 1.55. The van der Waals surface area contributed by atoms with Gasteiger partial charge in [-0.2, -0.15) is 0 Å². The van der Waals surface area contributed by atoms with Crippen LogP contribution in [0.5, 0.6) is 11.5 Å². The summed E-state index contributed by atoms with van der Waals surface area (Å²) in [5.41, 5.74) is 0. The molecule has 1 aliphatic heterocycles. The van der Waals surface area contributed by atoms with Gasteiger partial charge in [-0.3, -0.25) is 0 Å². The second kappa shape index (κ2) is 5.72. The van der Waals surface area contributed by atoms with Crippen molar-refractivity contribution in [1.29, 1.82) is 0 Å². The molecule has 1 aliphatic rings. The van der Waals surface area contributed by atoms with Crippen molar-refractivity contribution < 1.29 is 14.2 Å². The highest BCUT2D eigenvalue weighted by atomic mass is 16.6. The monoisotopic (exact) mass is 222 g/mol. The number of ether oxygens (including phenoxy) is 3. The highest BCUT2D eigenvalue weighted by molar-refractivity contribution is 5.40. The predicted octanol–water partition coefficient (Wildman–Crippen LogP) is 0.863. The molecule has 4 nitrogen and oxygen atoms in total. The summed E-state index contributed by atoms with van der Waals surface area (Å²) in [4.78, 5) is 0. The van der Waals surface area contributed by atoms with Gasteiger partial charge in [0.2, 0.25) is 0 Å². The Morgan fingerprint density at radius 2 is 2.50 bits per heavy atom. The van der Waals surface area contributed by atoms with Crippen LogP contribution >= 0.6 is 0 Å². The molecule has 0 aromatic heterocycles. The number of hydrogen-bond acceptors (Lipinski definition) is 4. The molecule has 0 spiro atoms. The van der Waals surface area contributed by atoms with E-state index in [1.807, 2.05) is 12.1 Å². The van der Waals surface area contributed by atoms with Gasteiger partial charge in [0.15, 0.2) is 11.5 Å². The molecule has 1 heterocycles. The topological polar surface area (TPSA) is 39.7 Å². The Balaban J connectivity index is 1.79. The first-order chi connectivity index (χ1) is 7.90. The highest BCUT2D eigenvalue weighted by Crippen LogP contribution is 2.30. The van der Waals surface area contributed by atoms with Crippen LogP contribution in [-0.4, -0.2) is 39.5 Å². The van der Waals surface area contributed by atoms with E-state index in [4.69, 9.17) is 14.2 Å². The zero-order chi connectivity index (χ0) is 11.2. The minimum Gasteiger partial charge on any atom is -0.486 e. The summed E-state index contributed by atoms with van der Waals surface area (Å²) in [5.74, 6) is 1.57. The molecule has 1 unspecified atom stereocenters. The maximum atomic E-state index is 5.75. The number of fused-ring (bicyclic) bond motifs is 1. The lowest BCUT2D eigenvalue weighted by Gasteiger charge is -2.26. The molecule has 1 aromatic carbocycles. The van der Waals surface area contributed by atoms with Gasteiger partial charge in [0.05, 0.1) is 6.61 Å². The molecule has 1 radical (unpaired) electrons. The van der Waals surface area contributed by atoms with Crippen molar-refractivity contribution in [2.75, 3.05) is 33.4 Å². The third kappa shape index (κ3) is 2.87. The molecule has 1 N–H and O–H groups in total. The molecule has 0 saturated heterocycles. The van der Waals surface area contributed by atoms with E-state index in [-0.39, 0.29) is 6.10 Å². The Hall–Kier alpha value is -1.26. The van der Waals surface area contributed by atoms with Crippen molar-refractivity contribution in [2.45, 2.75) is 6.10 Å². The largest absolute Gasteiger partial charge is 0.486 e. The first-order valence-corrected chi connectivity index (χ1v) is 5.39. The Morgan fingerprint density at radius 1 is 1.56 bits per heavy atom. The van der Waals surface area contributed by atoms with E-state index in [0.29, 0.717) is 13.2 Å². The number of benzene rings is 1. The van der Waals surface area contributed by atoms with Crippen LogP contribution in [0, 0.1) is 6.07 Å². The van der Waals surface area contributed by atoms with E-state index in [1.165, 1.54) is 0 Å². The lowest BCUT2D eigenvalue weighted by molar-refractivity contribution is 0.0884. The third-order valence-corrected chi connectivity index (χ3v) is 2.36. The minimum absolute atomic E-state index is 0.0557. The van der Waals surface area contributed by atoms with Gasteiger partial charge in [-0.05, 0) is 18.2 Å². The van der Waals surface area contributed by atoms with Crippen LogP contribution in [0.1, 0.15) is 0 Å². The van der Waals surface area contributed by atoms with E-state index >= 15 is 0 Å². The van der Waals surface area contributed by atoms with Crippen LogP contribution in [0.15, 0.2) is 18.2 Å². The Labute approximate surface area is 95.5 Å². The van der Waals surface area contributed by atoms with Crippen molar-refractivity contribution in [1.82, 2.24) is 5.32 Å². The van der Waals surface area contributed by atoms with Gasteiger partial charge in [0.25, 0.3) is 0 Å². The summed E-state index contributed by atoms with van der Waals surface area (Å²) in [5, 5.41) is 3.25. The number of methoxy groups -OCH3 is 1. The van der Waals surface area contributed by atoms with E-state index in [2.05, 4.69) is 11.4 Å². The average Bonchev–Trinajstić information content (AvgIpc) is 2.34. The predicted molar refractivity (Wildman–Crippen MR) is 59.9 cm³/mol. The van der Waals surface area contributed by atoms with E-state index < -0.39 is 0 Å². The van der Waals surface area contributed by atoms with Crippen LogP contribution in [0.2, 0.25) is 0 Å². The zero-order valence-corrected chi connectivity index (χ0v) is 9.36. The summed E-state index contributed by atoms with van der Waals surface area (Å²) in [6.07, 6.45) is 0.0557. The standard InChI is InChI=1S/C12H16NO3/c1-14-7-6-13-8-10-9-15-11-4-2-3-5-12(11)16-10/h2,4-5,10,13H,6-9H2,1H3. The van der Waals surface area contributed by atoms with Gasteiger partial charge in [-0.15, -0.1) is 0 Å². The molecule has 0 amide bonds. The van der Waals surface area contributed by atoms with Crippen molar-refractivity contribution in [3.8, 4) is 11.5 Å². The van der Waals surface area contributed by atoms with Crippen LogP contribution in [0.4, 0.5) is 0 Å². The third-order valence-electron chi connectivity index (χ3n) is 2.36.